The fourth-order valence-corrected chi connectivity index (χ4v) is 2.32. The van der Waals surface area contributed by atoms with Crippen LogP contribution in [0.3, 0.4) is 0 Å². The number of alkyl halides is 3. The van der Waals surface area contributed by atoms with Crippen LogP contribution in [-0.4, -0.2) is 23.6 Å². The van der Waals surface area contributed by atoms with Gasteiger partial charge in [0.15, 0.2) is 5.82 Å². The molecule has 7 heteroatoms. The fraction of sp³-hybridized carbons (Fsp3) is 0.444. The van der Waals surface area contributed by atoms with Crippen molar-refractivity contribution in [3.63, 3.8) is 0 Å². The van der Waals surface area contributed by atoms with Gasteiger partial charge in [-0.25, -0.2) is 4.98 Å². The summed E-state index contributed by atoms with van der Waals surface area (Å²) in [5.41, 5.74) is 0.752. The monoisotopic (exact) mass is 353 g/mol. The van der Waals surface area contributed by atoms with E-state index in [1.165, 1.54) is 4.90 Å². The number of nitrogens with zero attached hydrogens (tertiary/aromatic N) is 3. The summed E-state index contributed by atoms with van der Waals surface area (Å²) in [6.07, 6.45) is -3.80. The number of halogens is 3. The highest BCUT2D eigenvalue weighted by Crippen LogP contribution is 2.38. The Hall–Kier alpha value is -2.31. The first kappa shape index (κ1) is 19.0. The van der Waals surface area contributed by atoms with Crippen LogP contribution in [0.15, 0.2) is 30.5 Å². The molecule has 2 aromatic rings. The highest BCUT2D eigenvalue weighted by molar-refractivity contribution is 5.63. The van der Waals surface area contributed by atoms with Crippen molar-refractivity contribution < 1.29 is 17.9 Å². The topological polar surface area (TPSA) is 38.2 Å². The van der Waals surface area contributed by atoms with Gasteiger partial charge in [0.05, 0.1) is 6.61 Å². The highest BCUT2D eigenvalue weighted by atomic mass is 19.4. The Balaban J connectivity index is 2.46. The molecule has 1 aromatic carbocycles. The quantitative estimate of drug-likeness (QED) is 0.779. The van der Waals surface area contributed by atoms with Crippen LogP contribution in [-0.2, 0) is 11.6 Å². The second kappa shape index (κ2) is 6.90. The molecule has 0 unspecified atom stereocenters. The molecule has 0 aliphatic heterocycles. The SMILES string of the molecule is CCOc1ncc(C(F)(F)F)c(N(C)c2ccc(C(C)(C)C)cc2)n1. The summed E-state index contributed by atoms with van der Waals surface area (Å²) < 4.78 is 45.1. The number of hydrogen-bond acceptors (Lipinski definition) is 4. The first-order chi connectivity index (χ1) is 11.5. The summed E-state index contributed by atoms with van der Waals surface area (Å²) in [5.74, 6) is -0.241. The van der Waals surface area contributed by atoms with Crippen molar-refractivity contribution in [2.45, 2.75) is 39.3 Å². The molecule has 0 fully saturated rings. The summed E-state index contributed by atoms with van der Waals surface area (Å²) in [5, 5.41) is 0. The molecular formula is C18H22F3N3O. The average molecular weight is 353 g/mol. The third-order valence-electron chi connectivity index (χ3n) is 3.76. The molecule has 0 aliphatic rings. The molecule has 4 nitrogen and oxygen atoms in total. The number of anilines is 2. The van der Waals surface area contributed by atoms with Crippen LogP contribution in [0.25, 0.3) is 0 Å². The molecule has 0 amide bonds. The molecule has 0 N–H and O–H groups in total. The predicted molar refractivity (Wildman–Crippen MR) is 91.4 cm³/mol. The lowest BCUT2D eigenvalue weighted by Gasteiger charge is -2.24. The van der Waals surface area contributed by atoms with E-state index in [1.54, 1.807) is 26.1 Å². The first-order valence-electron chi connectivity index (χ1n) is 7.95. The summed E-state index contributed by atoms with van der Waals surface area (Å²) in [6.45, 7) is 8.22. The predicted octanol–water partition coefficient (Wildman–Crippen LogP) is 4.96. The molecule has 0 bridgehead atoms. The van der Waals surface area contributed by atoms with Crippen molar-refractivity contribution in [3.8, 4) is 6.01 Å². The maximum atomic E-state index is 13.3. The van der Waals surface area contributed by atoms with Crippen molar-refractivity contribution in [1.82, 2.24) is 9.97 Å². The van der Waals surface area contributed by atoms with Crippen LogP contribution < -0.4 is 9.64 Å². The van der Waals surface area contributed by atoms with Gasteiger partial charge in [-0.1, -0.05) is 32.9 Å². The standard InChI is InChI=1S/C18H22F3N3O/c1-6-25-16-22-11-14(18(19,20)21)15(23-16)24(5)13-9-7-12(8-10-13)17(2,3)4/h7-11H,6H2,1-5H3. The van der Waals surface area contributed by atoms with Crippen molar-refractivity contribution >= 4 is 11.5 Å². The lowest BCUT2D eigenvalue weighted by Crippen LogP contribution is -2.19. The first-order valence-corrected chi connectivity index (χ1v) is 7.95. The zero-order valence-corrected chi connectivity index (χ0v) is 15.0. The smallest absolute Gasteiger partial charge is 0.421 e. The van der Waals surface area contributed by atoms with E-state index in [-0.39, 0.29) is 23.9 Å². The molecule has 0 spiro atoms. The van der Waals surface area contributed by atoms with Gasteiger partial charge in [-0.3, -0.25) is 0 Å². The Labute approximate surface area is 145 Å². The Kier molecular flexibility index (Phi) is 5.25. The third kappa shape index (κ3) is 4.41. The minimum absolute atomic E-state index is 0.0364. The van der Waals surface area contributed by atoms with E-state index in [0.29, 0.717) is 5.69 Å². The summed E-state index contributed by atoms with van der Waals surface area (Å²) in [6, 6.07) is 7.29. The molecule has 0 saturated carbocycles. The molecular weight excluding hydrogens is 331 g/mol. The molecule has 25 heavy (non-hydrogen) atoms. The molecule has 1 aromatic heterocycles. The van der Waals surface area contributed by atoms with Crippen LogP contribution >= 0.6 is 0 Å². The van der Waals surface area contributed by atoms with Crippen molar-refractivity contribution in [2.24, 2.45) is 0 Å². The second-order valence-electron chi connectivity index (χ2n) is 6.68. The molecule has 0 saturated heterocycles. The van der Waals surface area contributed by atoms with E-state index in [0.717, 1.165) is 11.8 Å². The van der Waals surface area contributed by atoms with Crippen molar-refractivity contribution in [1.29, 1.82) is 0 Å². The van der Waals surface area contributed by atoms with Gasteiger partial charge in [-0.15, -0.1) is 0 Å². The summed E-state index contributed by atoms with van der Waals surface area (Å²) in [7, 11) is 1.54. The molecule has 0 atom stereocenters. The number of aromatic nitrogens is 2. The fourth-order valence-electron chi connectivity index (χ4n) is 2.32. The maximum absolute atomic E-state index is 13.3. The van der Waals surface area contributed by atoms with Gasteiger partial charge in [0.2, 0.25) is 0 Å². The Morgan fingerprint density at radius 2 is 1.68 bits per heavy atom. The van der Waals surface area contributed by atoms with E-state index < -0.39 is 11.7 Å². The van der Waals surface area contributed by atoms with E-state index in [4.69, 9.17) is 4.74 Å². The van der Waals surface area contributed by atoms with Crippen LogP contribution in [0.1, 0.15) is 38.8 Å². The lowest BCUT2D eigenvalue weighted by atomic mass is 9.87. The largest absolute Gasteiger partial charge is 0.464 e. The van der Waals surface area contributed by atoms with Crippen LogP contribution in [0.5, 0.6) is 6.01 Å². The zero-order valence-electron chi connectivity index (χ0n) is 15.0. The van der Waals surface area contributed by atoms with E-state index in [1.807, 2.05) is 12.1 Å². The molecule has 1 heterocycles. The van der Waals surface area contributed by atoms with Gasteiger partial charge in [0.1, 0.15) is 5.56 Å². The second-order valence-corrected chi connectivity index (χ2v) is 6.68. The van der Waals surface area contributed by atoms with Crippen molar-refractivity contribution in [2.75, 3.05) is 18.6 Å². The number of ether oxygens (including phenoxy) is 1. The average Bonchev–Trinajstić information content (AvgIpc) is 2.52. The Morgan fingerprint density at radius 3 is 2.16 bits per heavy atom. The summed E-state index contributed by atoms with van der Waals surface area (Å²) >= 11 is 0. The van der Waals surface area contributed by atoms with Gasteiger partial charge in [-0.05, 0) is 30.0 Å². The number of rotatable bonds is 4. The minimum atomic E-state index is -4.56. The highest BCUT2D eigenvalue weighted by Gasteiger charge is 2.36. The number of hydrogen-bond donors (Lipinski definition) is 0. The van der Waals surface area contributed by atoms with Crippen LogP contribution in [0.4, 0.5) is 24.7 Å². The lowest BCUT2D eigenvalue weighted by molar-refractivity contribution is -0.137. The van der Waals surface area contributed by atoms with Gasteiger partial charge in [0, 0.05) is 18.9 Å². The van der Waals surface area contributed by atoms with Gasteiger partial charge in [-0.2, -0.15) is 18.2 Å². The third-order valence-corrected chi connectivity index (χ3v) is 3.76. The maximum Gasteiger partial charge on any atom is 0.421 e. The van der Waals surface area contributed by atoms with Gasteiger partial charge >= 0.3 is 12.2 Å². The van der Waals surface area contributed by atoms with Gasteiger partial charge < -0.3 is 9.64 Å². The van der Waals surface area contributed by atoms with E-state index >= 15 is 0 Å². The van der Waals surface area contributed by atoms with Crippen LogP contribution in [0, 0.1) is 0 Å². The Bertz CT molecular complexity index is 722. The molecule has 0 radical (unpaired) electrons. The van der Waals surface area contributed by atoms with E-state index in [2.05, 4.69) is 30.7 Å². The molecule has 136 valence electrons. The molecule has 0 aliphatic carbocycles. The minimum Gasteiger partial charge on any atom is -0.464 e. The van der Waals surface area contributed by atoms with E-state index in [9.17, 15) is 13.2 Å². The van der Waals surface area contributed by atoms with Crippen LogP contribution in [0.2, 0.25) is 0 Å². The Morgan fingerprint density at radius 1 is 1.08 bits per heavy atom. The number of benzene rings is 1. The molecule has 2 rings (SSSR count). The van der Waals surface area contributed by atoms with Crippen molar-refractivity contribution in [3.05, 3.63) is 41.6 Å². The summed E-state index contributed by atoms with van der Waals surface area (Å²) in [4.78, 5) is 8.98. The van der Waals surface area contributed by atoms with Gasteiger partial charge in [0.25, 0.3) is 0 Å². The normalized spacial score (nSPS) is 12.2. The zero-order chi connectivity index (χ0) is 18.8.